The predicted molar refractivity (Wildman–Crippen MR) is 92.3 cm³/mol. The topological polar surface area (TPSA) is 70.1 Å². The number of fused-ring (bicyclic) bond motifs is 1. The van der Waals surface area contributed by atoms with E-state index in [4.69, 9.17) is 4.74 Å². The van der Waals surface area contributed by atoms with Gasteiger partial charge in [-0.3, -0.25) is 14.6 Å². The van der Waals surface area contributed by atoms with E-state index in [2.05, 4.69) is 0 Å². The molecule has 0 aromatic carbocycles. The molecule has 0 aromatic rings. The number of hydrogen-bond donors (Lipinski definition) is 1. The fraction of sp³-hybridized carbons (Fsp3) is 0.889. The van der Waals surface area contributed by atoms with Crippen molar-refractivity contribution in [1.82, 2.24) is 9.80 Å². The first-order valence-electron chi connectivity index (χ1n) is 9.02. The molecule has 2 aliphatic rings. The zero-order valence-corrected chi connectivity index (χ0v) is 16.4. The van der Waals surface area contributed by atoms with E-state index in [0.717, 1.165) is 4.90 Å². The normalized spacial score (nSPS) is 27.3. The lowest BCUT2D eigenvalue weighted by molar-refractivity contribution is -0.148. The number of carbonyl (C=O) groups is 2. The van der Waals surface area contributed by atoms with E-state index < -0.39 is 47.6 Å². The van der Waals surface area contributed by atoms with Crippen molar-refractivity contribution < 1.29 is 28.2 Å². The first kappa shape index (κ1) is 20.9. The summed E-state index contributed by atoms with van der Waals surface area (Å²) in [5.74, 6) is -4.01. The van der Waals surface area contributed by atoms with Gasteiger partial charge < -0.3 is 9.84 Å². The molecule has 0 radical (unpaired) electrons. The third kappa shape index (κ3) is 4.10. The van der Waals surface area contributed by atoms with E-state index in [1.54, 1.807) is 46.4 Å². The maximum Gasteiger partial charge on any atom is 0.410 e. The van der Waals surface area contributed by atoms with Crippen molar-refractivity contribution in [1.29, 1.82) is 0 Å². The quantitative estimate of drug-likeness (QED) is 0.816. The minimum absolute atomic E-state index is 0.258. The van der Waals surface area contributed by atoms with Gasteiger partial charge in [0.05, 0.1) is 24.0 Å². The number of carboxylic acid groups (broad SMARTS) is 1. The van der Waals surface area contributed by atoms with Crippen molar-refractivity contribution in [2.45, 2.75) is 84.0 Å². The molecule has 3 atom stereocenters. The molecule has 1 amide bonds. The Hall–Kier alpha value is -1.44. The van der Waals surface area contributed by atoms with Crippen molar-refractivity contribution >= 4 is 12.1 Å². The Labute approximate surface area is 153 Å². The van der Waals surface area contributed by atoms with Gasteiger partial charge in [0.25, 0.3) is 5.92 Å². The van der Waals surface area contributed by atoms with Crippen LogP contribution in [0.1, 0.15) is 54.4 Å². The predicted octanol–water partition coefficient (Wildman–Crippen LogP) is 3.20. The summed E-state index contributed by atoms with van der Waals surface area (Å²) in [5, 5.41) is 9.31. The number of amides is 1. The van der Waals surface area contributed by atoms with Crippen LogP contribution >= 0.6 is 0 Å². The molecule has 0 spiro atoms. The number of likely N-dealkylation sites (tertiary alicyclic amines) is 2. The maximum atomic E-state index is 14.7. The fourth-order valence-corrected chi connectivity index (χ4v) is 4.05. The van der Waals surface area contributed by atoms with Crippen LogP contribution in [0.5, 0.6) is 0 Å². The zero-order chi connectivity index (χ0) is 20.1. The molecule has 2 saturated heterocycles. The zero-order valence-electron chi connectivity index (χ0n) is 16.4. The minimum Gasteiger partial charge on any atom is -0.481 e. The van der Waals surface area contributed by atoms with Crippen LogP contribution in [0.2, 0.25) is 0 Å². The van der Waals surface area contributed by atoms with Crippen molar-refractivity contribution in [3.63, 3.8) is 0 Å². The van der Waals surface area contributed by atoms with Crippen molar-refractivity contribution in [3.05, 3.63) is 0 Å². The summed E-state index contributed by atoms with van der Waals surface area (Å²) in [4.78, 5) is 26.5. The first-order valence-corrected chi connectivity index (χ1v) is 9.02. The van der Waals surface area contributed by atoms with Crippen LogP contribution in [-0.4, -0.2) is 69.7 Å². The molecule has 2 rings (SSSR count). The lowest BCUT2D eigenvalue weighted by Gasteiger charge is -2.35. The van der Waals surface area contributed by atoms with Crippen LogP contribution in [0.4, 0.5) is 13.6 Å². The highest BCUT2D eigenvalue weighted by atomic mass is 19.3. The Kier molecular flexibility index (Phi) is 5.31. The SMILES string of the molecule is C[C@@H](CC(C)(C)C(=O)O)N1CC[C@H]2[C@@H]1C(F)(F)CN2C(=O)OC(C)(C)C. The lowest BCUT2D eigenvalue weighted by atomic mass is 9.85. The molecule has 0 aliphatic carbocycles. The van der Waals surface area contributed by atoms with E-state index in [1.165, 1.54) is 0 Å². The average Bonchev–Trinajstić information content (AvgIpc) is 2.96. The molecule has 6 nitrogen and oxygen atoms in total. The van der Waals surface area contributed by atoms with Gasteiger partial charge in [0, 0.05) is 12.6 Å². The van der Waals surface area contributed by atoms with Gasteiger partial charge in [-0.05, 0) is 54.4 Å². The molecule has 1 N–H and O–H groups in total. The molecule has 0 unspecified atom stereocenters. The van der Waals surface area contributed by atoms with Crippen molar-refractivity contribution in [2.75, 3.05) is 13.1 Å². The highest BCUT2D eigenvalue weighted by Gasteiger charge is 2.62. The summed E-state index contributed by atoms with van der Waals surface area (Å²) in [6.07, 6.45) is -0.0316. The Bertz CT molecular complexity index is 574. The van der Waals surface area contributed by atoms with Gasteiger partial charge in [-0.15, -0.1) is 0 Å². The van der Waals surface area contributed by atoms with E-state index >= 15 is 0 Å². The molecule has 0 aromatic heterocycles. The van der Waals surface area contributed by atoms with Gasteiger partial charge in [0.1, 0.15) is 5.60 Å². The molecule has 2 heterocycles. The Morgan fingerprint density at radius 1 is 1.27 bits per heavy atom. The first-order chi connectivity index (χ1) is 11.7. The maximum absolute atomic E-state index is 14.7. The van der Waals surface area contributed by atoms with Crippen LogP contribution < -0.4 is 0 Å². The van der Waals surface area contributed by atoms with Gasteiger partial charge in [-0.2, -0.15) is 0 Å². The van der Waals surface area contributed by atoms with Crippen molar-refractivity contribution in [3.8, 4) is 0 Å². The molecular formula is C18H30F2N2O4. The molecule has 150 valence electrons. The van der Waals surface area contributed by atoms with Crippen LogP contribution in [0.3, 0.4) is 0 Å². The molecule has 2 aliphatic heterocycles. The second-order valence-corrected chi connectivity index (χ2v) is 9.15. The van der Waals surface area contributed by atoms with Crippen LogP contribution in [0, 0.1) is 5.41 Å². The number of alkyl halides is 2. The van der Waals surface area contributed by atoms with Gasteiger partial charge >= 0.3 is 12.1 Å². The average molecular weight is 376 g/mol. The van der Waals surface area contributed by atoms with Crippen LogP contribution in [-0.2, 0) is 9.53 Å². The smallest absolute Gasteiger partial charge is 0.410 e. The number of halogens is 2. The third-order valence-corrected chi connectivity index (χ3v) is 5.20. The largest absolute Gasteiger partial charge is 0.481 e. The lowest BCUT2D eigenvalue weighted by Crippen LogP contribution is -2.50. The molecule has 8 heteroatoms. The Morgan fingerprint density at radius 3 is 2.35 bits per heavy atom. The van der Waals surface area contributed by atoms with Gasteiger partial charge in [-0.25, -0.2) is 13.6 Å². The number of ether oxygens (including phenoxy) is 1. The van der Waals surface area contributed by atoms with E-state index in [0.29, 0.717) is 13.0 Å². The monoisotopic (exact) mass is 376 g/mol. The summed E-state index contributed by atoms with van der Waals surface area (Å²) in [6.45, 7) is 9.82. The van der Waals surface area contributed by atoms with E-state index in [-0.39, 0.29) is 12.5 Å². The number of rotatable bonds is 4. The Balaban J connectivity index is 2.17. The summed E-state index contributed by atoms with van der Waals surface area (Å²) >= 11 is 0. The third-order valence-electron chi connectivity index (χ3n) is 5.20. The van der Waals surface area contributed by atoms with Gasteiger partial charge in [-0.1, -0.05) is 0 Å². The molecule has 0 bridgehead atoms. The molecule has 26 heavy (non-hydrogen) atoms. The number of carbonyl (C=O) groups excluding carboxylic acids is 1. The molecule has 2 fully saturated rings. The highest BCUT2D eigenvalue weighted by molar-refractivity contribution is 5.73. The number of carboxylic acids is 1. The second-order valence-electron chi connectivity index (χ2n) is 9.15. The number of nitrogens with zero attached hydrogens (tertiary/aromatic N) is 2. The van der Waals surface area contributed by atoms with Crippen LogP contribution in [0.15, 0.2) is 0 Å². The molecular weight excluding hydrogens is 346 g/mol. The standard InChI is InChI=1S/C18H30F2N2O4/c1-11(9-17(5,6)14(23)24)21-8-7-12-13(21)18(19,20)10-22(12)15(25)26-16(2,3)4/h11-13H,7-10H2,1-6H3,(H,23,24)/t11-,12-,13+/m0/s1. The molecule has 0 saturated carbocycles. The van der Waals surface area contributed by atoms with E-state index in [9.17, 15) is 23.5 Å². The summed E-state index contributed by atoms with van der Waals surface area (Å²) < 4.78 is 34.8. The highest BCUT2D eigenvalue weighted by Crippen LogP contribution is 2.44. The fourth-order valence-electron chi connectivity index (χ4n) is 4.05. The summed E-state index contributed by atoms with van der Waals surface area (Å²) in [7, 11) is 0. The number of aliphatic carboxylic acids is 1. The van der Waals surface area contributed by atoms with Gasteiger partial charge in [0.15, 0.2) is 0 Å². The second kappa shape index (κ2) is 6.62. The Morgan fingerprint density at radius 2 is 1.85 bits per heavy atom. The van der Waals surface area contributed by atoms with Crippen molar-refractivity contribution in [2.24, 2.45) is 5.41 Å². The minimum atomic E-state index is -3.06. The van der Waals surface area contributed by atoms with Gasteiger partial charge in [0.2, 0.25) is 0 Å². The van der Waals surface area contributed by atoms with Crippen LogP contribution in [0.25, 0.3) is 0 Å². The van der Waals surface area contributed by atoms with E-state index in [1.807, 2.05) is 0 Å². The number of hydrogen-bond acceptors (Lipinski definition) is 4. The summed E-state index contributed by atoms with van der Waals surface area (Å²) in [5.41, 5.74) is -1.75. The summed E-state index contributed by atoms with van der Waals surface area (Å²) in [6, 6.07) is -2.05.